The summed E-state index contributed by atoms with van der Waals surface area (Å²) < 4.78 is 0. The van der Waals surface area contributed by atoms with Crippen LogP contribution in [-0.4, -0.2) is 12.0 Å². The number of aromatic nitrogens is 1. The van der Waals surface area contributed by atoms with Gasteiger partial charge in [0.05, 0.1) is 16.9 Å². The van der Waals surface area contributed by atoms with Crippen molar-refractivity contribution < 1.29 is 0 Å². The van der Waals surface area contributed by atoms with E-state index in [-0.39, 0.29) is 0 Å². The summed E-state index contributed by atoms with van der Waals surface area (Å²) in [5.41, 5.74) is 0.860. The molecule has 1 aromatic rings. The highest BCUT2D eigenvalue weighted by atomic mass is 35.5. The van der Waals surface area contributed by atoms with Gasteiger partial charge in [-0.25, -0.2) is 0 Å². The van der Waals surface area contributed by atoms with Gasteiger partial charge in [0.25, 0.3) is 0 Å². The van der Waals surface area contributed by atoms with Gasteiger partial charge in [0.1, 0.15) is 0 Å². The van der Waals surface area contributed by atoms with Gasteiger partial charge < -0.3 is 5.32 Å². The first-order valence-corrected chi connectivity index (χ1v) is 2.99. The van der Waals surface area contributed by atoms with E-state index in [1.165, 1.54) is 0 Å². The third kappa shape index (κ3) is 1.33. The molecule has 0 unspecified atom stereocenters. The van der Waals surface area contributed by atoms with Crippen molar-refractivity contribution in [1.82, 2.24) is 4.98 Å². The summed E-state index contributed by atoms with van der Waals surface area (Å²) >= 11 is 5.72. The molecule has 1 heterocycles. The van der Waals surface area contributed by atoms with Gasteiger partial charge in [-0.1, -0.05) is 11.6 Å². The van der Waals surface area contributed by atoms with Crippen LogP contribution in [0.5, 0.6) is 0 Å². The van der Waals surface area contributed by atoms with Gasteiger partial charge in [-0.3, -0.25) is 4.98 Å². The zero-order valence-electron chi connectivity index (χ0n) is 5.06. The third-order valence-corrected chi connectivity index (χ3v) is 1.37. The summed E-state index contributed by atoms with van der Waals surface area (Å²) in [6.07, 6.45) is 3.34. The summed E-state index contributed by atoms with van der Waals surface area (Å²) in [5.74, 6) is 0. The minimum Gasteiger partial charge on any atom is -0.386 e. The zero-order valence-corrected chi connectivity index (χ0v) is 5.81. The number of rotatable bonds is 1. The number of hydrogen-bond acceptors (Lipinski definition) is 2. The van der Waals surface area contributed by atoms with Crippen molar-refractivity contribution in [2.75, 3.05) is 12.4 Å². The number of pyridine rings is 1. The molecule has 0 fully saturated rings. The van der Waals surface area contributed by atoms with Crippen LogP contribution in [-0.2, 0) is 0 Å². The van der Waals surface area contributed by atoms with Crippen LogP contribution in [0.4, 0.5) is 5.69 Å². The number of anilines is 1. The lowest BCUT2D eigenvalue weighted by Gasteiger charge is -1.98. The fourth-order valence-electron chi connectivity index (χ4n) is 0.561. The Morgan fingerprint density at radius 1 is 1.67 bits per heavy atom. The Kier molecular flexibility index (Phi) is 1.90. The molecule has 0 saturated heterocycles. The van der Waals surface area contributed by atoms with E-state index in [2.05, 4.69) is 10.3 Å². The van der Waals surface area contributed by atoms with Crippen LogP contribution in [0.3, 0.4) is 0 Å². The number of hydrogen-bond donors (Lipinski definition) is 1. The Morgan fingerprint density at radius 3 is 2.89 bits per heavy atom. The molecule has 3 heteroatoms. The average Bonchev–Trinajstić information content (AvgIpc) is 1.89. The van der Waals surface area contributed by atoms with Crippen LogP contribution in [0, 0.1) is 0 Å². The van der Waals surface area contributed by atoms with Crippen LogP contribution in [0.1, 0.15) is 0 Å². The summed E-state index contributed by atoms with van der Waals surface area (Å²) in [4.78, 5) is 3.87. The molecule has 0 aliphatic rings. The van der Waals surface area contributed by atoms with Gasteiger partial charge in [0.2, 0.25) is 0 Å². The molecule has 9 heavy (non-hydrogen) atoms. The van der Waals surface area contributed by atoms with E-state index in [1.807, 2.05) is 7.05 Å². The summed E-state index contributed by atoms with van der Waals surface area (Å²) in [6, 6.07) is 1.74. The number of nitrogens with one attached hydrogen (secondary N) is 1. The maximum atomic E-state index is 5.72. The molecular formula is C6H7ClN2. The Hall–Kier alpha value is -0.760. The lowest BCUT2D eigenvalue weighted by atomic mass is 10.4. The Morgan fingerprint density at radius 2 is 2.44 bits per heavy atom. The van der Waals surface area contributed by atoms with Crippen molar-refractivity contribution in [2.24, 2.45) is 0 Å². The SMILES string of the molecule is CNc1cnccc1Cl. The highest BCUT2D eigenvalue weighted by molar-refractivity contribution is 6.33. The van der Waals surface area contributed by atoms with Crippen molar-refractivity contribution in [3.8, 4) is 0 Å². The molecule has 0 aliphatic carbocycles. The van der Waals surface area contributed by atoms with Gasteiger partial charge in [0, 0.05) is 13.2 Å². The standard InChI is InChI=1S/C6H7ClN2/c1-8-6-4-9-3-2-5(6)7/h2-4,8H,1H3. The molecule has 0 aromatic carbocycles. The second-order valence-electron chi connectivity index (χ2n) is 1.61. The lowest BCUT2D eigenvalue weighted by molar-refractivity contribution is 1.31. The van der Waals surface area contributed by atoms with E-state index in [0.29, 0.717) is 5.02 Å². The highest BCUT2D eigenvalue weighted by Crippen LogP contribution is 2.17. The fraction of sp³-hybridized carbons (Fsp3) is 0.167. The Bertz CT molecular complexity index is 200. The molecule has 0 spiro atoms. The number of nitrogens with zero attached hydrogens (tertiary/aromatic N) is 1. The van der Waals surface area contributed by atoms with Crippen molar-refractivity contribution in [3.05, 3.63) is 23.5 Å². The third-order valence-electron chi connectivity index (χ3n) is 1.04. The van der Waals surface area contributed by atoms with Gasteiger partial charge in [0.15, 0.2) is 0 Å². The second-order valence-corrected chi connectivity index (χ2v) is 2.01. The van der Waals surface area contributed by atoms with Crippen LogP contribution >= 0.6 is 11.6 Å². The Labute approximate surface area is 58.9 Å². The Balaban J connectivity index is 3.01. The predicted molar refractivity (Wildman–Crippen MR) is 38.8 cm³/mol. The number of halogens is 1. The van der Waals surface area contributed by atoms with Crippen LogP contribution in [0.2, 0.25) is 5.02 Å². The first kappa shape index (κ1) is 6.36. The maximum absolute atomic E-state index is 5.72. The van der Waals surface area contributed by atoms with Crippen molar-refractivity contribution >= 4 is 17.3 Å². The van der Waals surface area contributed by atoms with Gasteiger partial charge >= 0.3 is 0 Å². The topological polar surface area (TPSA) is 24.9 Å². The predicted octanol–water partition coefficient (Wildman–Crippen LogP) is 1.78. The van der Waals surface area contributed by atoms with Crippen molar-refractivity contribution in [3.63, 3.8) is 0 Å². The molecule has 1 rings (SSSR count). The molecule has 0 amide bonds. The van der Waals surface area contributed by atoms with Crippen molar-refractivity contribution in [1.29, 1.82) is 0 Å². The minimum atomic E-state index is 0.701. The molecule has 0 bridgehead atoms. The zero-order chi connectivity index (χ0) is 6.69. The normalized spacial score (nSPS) is 9.11. The molecule has 1 aromatic heterocycles. The van der Waals surface area contributed by atoms with Gasteiger partial charge in [-0.2, -0.15) is 0 Å². The van der Waals surface area contributed by atoms with Crippen LogP contribution in [0.25, 0.3) is 0 Å². The van der Waals surface area contributed by atoms with E-state index in [1.54, 1.807) is 18.5 Å². The quantitative estimate of drug-likeness (QED) is 0.647. The van der Waals surface area contributed by atoms with Gasteiger partial charge in [-0.15, -0.1) is 0 Å². The minimum absolute atomic E-state index is 0.701. The molecule has 1 N–H and O–H groups in total. The van der Waals surface area contributed by atoms with Crippen LogP contribution in [0.15, 0.2) is 18.5 Å². The molecule has 2 nitrogen and oxygen atoms in total. The second kappa shape index (κ2) is 2.69. The first-order valence-electron chi connectivity index (χ1n) is 2.62. The van der Waals surface area contributed by atoms with E-state index in [0.717, 1.165) is 5.69 Å². The van der Waals surface area contributed by atoms with Crippen molar-refractivity contribution in [2.45, 2.75) is 0 Å². The molecule has 48 valence electrons. The van der Waals surface area contributed by atoms with E-state index >= 15 is 0 Å². The summed E-state index contributed by atoms with van der Waals surface area (Å²) in [7, 11) is 1.81. The van der Waals surface area contributed by atoms with E-state index < -0.39 is 0 Å². The average molecular weight is 143 g/mol. The molecule has 0 aliphatic heterocycles. The molecule has 0 atom stereocenters. The molecule has 0 saturated carbocycles. The summed E-state index contributed by atoms with van der Waals surface area (Å²) in [6.45, 7) is 0. The van der Waals surface area contributed by atoms with Gasteiger partial charge in [-0.05, 0) is 6.07 Å². The van der Waals surface area contributed by atoms with E-state index in [9.17, 15) is 0 Å². The molecule has 0 radical (unpaired) electrons. The molecular weight excluding hydrogens is 136 g/mol. The largest absolute Gasteiger partial charge is 0.386 e. The first-order chi connectivity index (χ1) is 4.34. The monoisotopic (exact) mass is 142 g/mol. The lowest BCUT2D eigenvalue weighted by Crippen LogP contribution is -1.88. The highest BCUT2D eigenvalue weighted by Gasteiger charge is 1.92. The van der Waals surface area contributed by atoms with Crippen LogP contribution < -0.4 is 5.32 Å². The summed E-state index contributed by atoms with van der Waals surface area (Å²) in [5, 5.41) is 3.60. The maximum Gasteiger partial charge on any atom is 0.0713 e. The van der Waals surface area contributed by atoms with E-state index in [4.69, 9.17) is 11.6 Å². The fourth-order valence-corrected chi connectivity index (χ4v) is 0.761. The smallest absolute Gasteiger partial charge is 0.0713 e.